The van der Waals surface area contributed by atoms with Crippen LogP contribution in [0.25, 0.3) is 5.69 Å². The molecule has 162 valence electrons. The number of ether oxygens (including phenoxy) is 2. The van der Waals surface area contributed by atoms with Gasteiger partial charge in [-0.3, -0.25) is 4.79 Å². The molecule has 3 rings (SSSR count). The number of methoxy groups -OCH3 is 1. The summed E-state index contributed by atoms with van der Waals surface area (Å²) in [5.41, 5.74) is 3.50. The standard InChI is InChI=1S/C24H27N3O4/c1-4-31-24(29)22-16-25-27(18(22)2)21-12-10-20(11-13-21)23(28)26(14-15-30-3)17-19-8-6-5-7-9-19/h5-13,16H,4,14-15,17H2,1-3H3. The number of hydrogen-bond donors (Lipinski definition) is 0. The van der Waals surface area contributed by atoms with Crippen molar-refractivity contribution in [1.82, 2.24) is 14.7 Å². The van der Waals surface area contributed by atoms with Gasteiger partial charge in [0.25, 0.3) is 5.91 Å². The molecule has 7 heteroatoms. The highest BCUT2D eigenvalue weighted by Crippen LogP contribution is 2.17. The highest BCUT2D eigenvalue weighted by Gasteiger charge is 2.18. The van der Waals surface area contributed by atoms with Crippen LogP contribution >= 0.6 is 0 Å². The molecule has 0 saturated carbocycles. The third kappa shape index (κ3) is 5.38. The van der Waals surface area contributed by atoms with E-state index in [2.05, 4.69) is 5.10 Å². The molecular formula is C24H27N3O4. The number of amides is 1. The largest absolute Gasteiger partial charge is 0.462 e. The predicted molar refractivity (Wildman–Crippen MR) is 117 cm³/mol. The van der Waals surface area contributed by atoms with Gasteiger partial charge in [-0.25, -0.2) is 9.48 Å². The van der Waals surface area contributed by atoms with Gasteiger partial charge < -0.3 is 14.4 Å². The van der Waals surface area contributed by atoms with Crippen molar-refractivity contribution in [2.45, 2.75) is 20.4 Å². The smallest absolute Gasteiger partial charge is 0.341 e. The molecule has 2 aromatic carbocycles. The molecule has 0 unspecified atom stereocenters. The van der Waals surface area contributed by atoms with Crippen LogP contribution in [-0.4, -0.2) is 53.4 Å². The van der Waals surface area contributed by atoms with Crippen LogP contribution < -0.4 is 0 Å². The lowest BCUT2D eigenvalue weighted by molar-refractivity contribution is 0.0525. The van der Waals surface area contributed by atoms with E-state index in [1.54, 1.807) is 35.7 Å². The number of benzene rings is 2. The monoisotopic (exact) mass is 421 g/mol. The first-order valence-electron chi connectivity index (χ1n) is 10.2. The maximum Gasteiger partial charge on any atom is 0.341 e. The van der Waals surface area contributed by atoms with Gasteiger partial charge in [0.05, 0.1) is 30.8 Å². The molecule has 0 aliphatic rings. The molecule has 31 heavy (non-hydrogen) atoms. The number of nitrogens with zero attached hydrogens (tertiary/aromatic N) is 3. The Balaban J connectivity index is 1.79. The Morgan fingerprint density at radius 2 is 1.77 bits per heavy atom. The second kappa shape index (κ2) is 10.5. The van der Waals surface area contributed by atoms with Gasteiger partial charge in [-0.05, 0) is 43.7 Å². The van der Waals surface area contributed by atoms with Crippen molar-refractivity contribution < 1.29 is 19.1 Å². The molecule has 0 N–H and O–H groups in total. The van der Waals surface area contributed by atoms with Crippen molar-refractivity contribution in [1.29, 1.82) is 0 Å². The van der Waals surface area contributed by atoms with E-state index in [9.17, 15) is 9.59 Å². The summed E-state index contributed by atoms with van der Waals surface area (Å²) in [6.07, 6.45) is 1.50. The summed E-state index contributed by atoms with van der Waals surface area (Å²) in [5.74, 6) is -0.468. The first-order chi connectivity index (χ1) is 15.0. The number of esters is 1. The molecule has 0 radical (unpaired) electrons. The van der Waals surface area contributed by atoms with Crippen LogP contribution in [0.4, 0.5) is 0 Å². The lowest BCUT2D eigenvalue weighted by Crippen LogP contribution is -2.33. The second-order valence-electron chi connectivity index (χ2n) is 7.03. The fraction of sp³-hybridized carbons (Fsp3) is 0.292. The number of hydrogen-bond acceptors (Lipinski definition) is 5. The molecular weight excluding hydrogens is 394 g/mol. The van der Waals surface area contributed by atoms with Gasteiger partial charge in [-0.2, -0.15) is 5.10 Å². The van der Waals surface area contributed by atoms with Crippen molar-refractivity contribution in [2.24, 2.45) is 0 Å². The molecule has 0 aliphatic carbocycles. The minimum atomic E-state index is -0.396. The molecule has 1 amide bonds. The van der Waals surface area contributed by atoms with E-state index in [0.29, 0.717) is 43.1 Å². The Morgan fingerprint density at radius 1 is 1.06 bits per heavy atom. The van der Waals surface area contributed by atoms with Gasteiger partial charge in [-0.15, -0.1) is 0 Å². The van der Waals surface area contributed by atoms with E-state index in [1.807, 2.05) is 49.4 Å². The summed E-state index contributed by atoms with van der Waals surface area (Å²) in [7, 11) is 1.62. The number of aromatic nitrogens is 2. The number of carbonyl (C=O) groups excluding carboxylic acids is 2. The second-order valence-corrected chi connectivity index (χ2v) is 7.03. The minimum Gasteiger partial charge on any atom is -0.462 e. The Morgan fingerprint density at radius 3 is 2.42 bits per heavy atom. The van der Waals surface area contributed by atoms with Gasteiger partial charge >= 0.3 is 5.97 Å². The Kier molecular flexibility index (Phi) is 7.56. The van der Waals surface area contributed by atoms with E-state index >= 15 is 0 Å². The summed E-state index contributed by atoms with van der Waals surface area (Å²) in [6.45, 7) is 5.34. The molecule has 1 heterocycles. The Hall–Kier alpha value is -3.45. The topological polar surface area (TPSA) is 73.7 Å². The molecule has 0 atom stereocenters. The van der Waals surface area contributed by atoms with Gasteiger partial charge in [-0.1, -0.05) is 30.3 Å². The maximum atomic E-state index is 13.1. The molecule has 3 aromatic rings. The van der Waals surface area contributed by atoms with E-state index in [4.69, 9.17) is 9.47 Å². The summed E-state index contributed by atoms with van der Waals surface area (Å²) < 4.78 is 11.9. The molecule has 0 saturated heterocycles. The van der Waals surface area contributed by atoms with Crippen LogP contribution in [0.5, 0.6) is 0 Å². The normalized spacial score (nSPS) is 10.7. The van der Waals surface area contributed by atoms with Crippen LogP contribution in [0.15, 0.2) is 60.8 Å². The van der Waals surface area contributed by atoms with E-state index < -0.39 is 5.97 Å². The Labute approximate surface area is 182 Å². The van der Waals surface area contributed by atoms with E-state index in [1.165, 1.54) is 6.20 Å². The Bertz CT molecular complexity index is 1010. The first kappa shape index (κ1) is 22.2. The zero-order valence-corrected chi connectivity index (χ0v) is 18.1. The van der Waals surface area contributed by atoms with Crippen LogP contribution in [0, 0.1) is 6.92 Å². The van der Waals surface area contributed by atoms with Crippen LogP contribution in [0.2, 0.25) is 0 Å². The quantitative estimate of drug-likeness (QED) is 0.493. The fourth-order valence-corrected chi connectivity index (χ4v) is 3.26. The van der Waals surface area contributed by atoms with Gasteiger partial charge in [0.2, 0.25) is 0 Å². The minimum absolute atomic E-state index is 0.0724. The van der Waals surface area contributed by atoms with Gasteiger partial charge in [0.1, 0.15) is 5.56 Å². The van der Waals surface area contributed by atoms with Crippen molar-refractivity contribution in [3.63, 3.8) is 0 Å². The van der Waals surface area contributed by atoms with Crippen molar-refractivity contribution in [2.75, 3.05) is 26.9 Å². The number of carbonyl (C=O) groups is 2. The van der Waals surface area contributed by atoms with Gasteiger partial charge in [0, 0.05) is 25.8 Å². The van der Waals surface area contributed by atoms with Crippen LogP contribution in [-0.2, 0) is 16.0 Å². The average Bonchev–Trinajstić information content (AvgIpc) is 3.18. The fourth-order valence-electron chi connectivity index (χ4n) is 3.26. The molecule has 1 aromatic heterocycles. The third-order valence-electron chi connectivity index (χ3n) is 4.93. The summed E-state index contributed by atoms with van der Waals surface area (Å²) in [5, 5.41) is 4.30. The third-order valence-corrected chi connectivity index (χ3v) is 4.93. The average molecular weight is 421 g/mol. The van der Waals surface area contributed by atoms with Crippen molar-refractivity contribution >= 4 is 11.9 Å². The van der Waals surface area contributed by atoms with Crippen molar-refractivity contribution in [3.05, 3.63) is 83.2 Å². The van der Waals surface area contributed by atoms with Crippen LogP contribution in [0.1, 0.15) is 38.9 Å². The van der Waals surface area contributed by atoms with Crippen molar-refractivity contribution in [3.8, 4) is 5.69 Å². The maximum absolute atomic E-state index is 13.1. The zero-order valence-electron chi connectivity index (χ0n) is 18.1. The number of rotatable bonds is 9. The van der Waals surface area contributed by atoms with Crippen LogP contribution in [0.3, 0.4) is 0 Å². The zero-order chi connectivity index (χ0) is 22.2. The molecule has 0 bridgehead atoms. The van der Waals surface area contributed by atoms with E-state index in [0.717, 1.165) is 11.3 Å². The summed E-state index contributed by atoms with van der Waals surface area (Å²) in [6, 6.07) is 17.0. The molecule has 0 spiro atoms. The lowest BCUT2D eigenvalue weighted by Gasteiger charge is -2.23. The molecule has 7 nitrogen and oxygen atoms in total. The predicted octanol–water partition coefficient (Wildman–Crippen LogP) is 3.65. The SMILES string of the molecule is CCOC(=O)c1cnn(-c2ccc(C(=O)N(CCOC)Cc3ccccc3)cc2)c1C. The molecule has 0 fully saturated rings. The lowest BCUT2D eigenvalue weighted by atomic mass is 10.1. The summed E-state index contributed by atoms with van der Waals surface area (Å²) >= 11 is 0. The molecule has 0 aliphatic heterocycles. The summed E-state index contributed by atoms with van der Waals surface area (Å²) in [4.78, 5) is 26.9. The van der Waals surface area contributed by atoms with E-state index in [-0.39, 0.29) is 5.91 Å². The highest BCUT2D eigenvalue weighted by atomic mass is 16.5. The van der Waals surface area contributed by atoms with Gasteiger partial charge in [0.15, 0.2) is 0 Å². The highest BCUT2D eigenvalue weighted by molar-refractivity contribution is 5.94. The first-order valence-corrected chi connectivity index (χ1v) is 10.2.